The van der Waals surface area contributed by atoms with E-state index in [0.717, 1.165) is 28.8 Å². The van der Waals surface area contributed by atoms with E-state index in [0.29, 0.717) is 17.5 Å². The molecule has 0 bridgehead atoms. The number of benzene rings is 1. The molecule has 6 heteroatoms. The van der Waals surface area contributed by atoms with E-state index in [4.69, 9.17) is 16.3 Å². The molecule has 0 fully saturated rings. The summed E-state index contributed by atoms with van der Waals surface area (Å²) in [7, 11) is 0. The van der Waals surface area contributed by atoms with Gasteiger partial charge >= 0.3 is 0 Å². The zero-order valence-corrected chi connectivity index (χ0v) is 13.4. The zero-order chi connectivity index (χ0) is 14.4. The first-order valence-corrected chi connectivity index (χ1v) is 7.50. The molecule has 0 spiro atoms. The van der Waals surface area contributed by atoms with E-state index in [9.17, 15) is 0 Å². The summed E-state index contributed by atoms with van der Waals surface area (Å²) in [5.41, 5.74) is 0.919. The Balaban J connectivity index is 2.08. The third-order valence-electron chi connectivity index (χ3n) is 2.62. The minimum Gasteiger partial charge on any atom is -0.472 e. The van der Waals surface area contributed by atoms with Gasteiger partial charge in [0.1, 0.15) is 23.2 Å². The summed E-state index contributed by atoms with van der Waals surface area (Å²) in [5, 5.41) is 3.89. The van der Waals surface area contributed by atoms with Gasteiger partial charge < -0.3 is 10.1 Å². The van der Waals surface area contributed by atoms with Gasteiger partial charge in [0, 0.05) is 17.1 Å². The molecule has 1 aromatic heterocycles. The van der Waals surface area contributed by atoms with E-state index in [1.165, 1.54) is 6.33 Å². The topological polar surface area (TPSA) is 47.0 Å². The van der Waals surface area contributed by atoms with Crippen molar-refractivity contribution >= 4 is 33.3 Å². The molecule has 0 amide bonds. The maximum Gasteiger partial charge on any atom is 0.233 e. The Labute approximate surface area is 131 Å². The molecule has 2 aromatic rings. The number of nitrogens with one attached hydrogen (secondary N) is 1. The summed E-state index contributed by atoms with van der Waals surface area (Å²) in [6.07, 6.45) is 2.50. The first-order chi connectivity index (χ1) is 9.72. The van der Waals surface area contributed by atoms with Crippen molar-refractivity contribution in [2.24, 2.45) is 0 Å². The summed E-state index contributed by atoms with van der Waals surface area (Å²) < 4.78 is 6.42. The summed E-state index contributed by atoms with van der Waals surface area (Å²) >= 11 is 9.55. The molecule has 1 N–H and O–H groups in total. The number of ether oxygens (including phenoxy) is 1. The lowest BCUT2D eigenvalue weighted by atomic mass is 10.2. The van der Waals surface area contributed by atoms with Gasteiger partial charge in [-0.25, -0.2) is 9.97 Å². The number of aromatic nitrogens is 2. The normalized spacial score (nSPS) is 10.3. The van der Waals surface area contributed by atoms with Crippen LogP contribution in [0.1, 0.15) is 18.9 Å². The molecule has 20 heavy (non-hydrogen) atoms. The quantitative estimate of drug-likeness (QED) is 0.838. The Morgan fingerprint density at radius 2 is 2.10 bits per heavy atom. The van der Waals surface area contributed by atoms with E-state index >= 15 is 0 Å². The molecule has 4 nitrogen and oxygen atoms in total. The second-order valence-corrected chi connectivity index (χ2v) is 5.35. The van der Waals surface area contributed by atoms with Crippen molar-refractivity contribution in [2.45, 2.75) is 20.0 Å². The Morgan fingerprint density at radius 1 is 1.30 bits per heavy atom. The highest BCUT2D eigenvalue weighted by molar-refractivity contribution is 9.10. The van der Waals surface area contributed by atoms with Crippen LogP contribution in [0.4, 0.5) is 5.82 Å². The molecule has 0 unspecified atom stereocenters. The molecular weight excluding hydrogens is 342 g/mol. The average Bonchev–Trinajstić information content (AvgIpc) is 2.46. The molecule has 1 heterocycles. The summed E-state index contributed by atoms with van der Waals surface area (Å²) in [5.74, 6) is 1.23. The van der Waals surface area contributed by atoms with Gasteiger partial charge in [-0.2, -0.15) is 0 Å². The van der Waals surface area contributed by atoms with Gasteiger partial charge in [0.15, 0.2) is 0 Å². The lowest BCUT2D eigenvalue weighted by Gasteiger charge is -2.11. The number of rotatable bonds is 6. The Kier molecular flexibility index (Phi) is 5.61. The highest BCUT2D eigenvalue weighted by atomic mass is 79.9. The molecule has 0 aliphatic heterocycles. The first kappa shape index (κ1) is 15.1. The molecule has 106 valence electrons. The third-order valence-corrected chi connectivity index (χ3v) is 3.71. The molecule has 0 saturated carbocycles. The third kappa shape index (κ3) is 3.84. The van der Waals surface area contributed by atoms with Crippen LogP contribution < -0.4 is 10.1 Å². The van der Waals surface area contributed by atoms with E-state index < -0.39 is 0 Å². The van der Waals surface area contributed by atoms with E-state index in [-0.39, 0.29) is 0 Å². The van der Waals surface area contributed by atoms with Crippen LogP contribution in [-0.4, -0.2) is 16.5 Å². The predicted molar refractivity (Wildman–Crippen MR) is 84.3 cm³/mol. The van der Waals surface area contributed by atoms with Crippen molar-refractivity contribution in [3.8, 4) is 5.88 Å². The van der Waals surface area contributed by atoms with Gasteiger partial charge in [-0.05, 0) is 28.4 Å². The molecule has 0 aliphatic carbocycles. The highest BCUT2D eigenvalue weighted by Gasteiger charge is 2.10. The van der Waals surface area contributed by atoms with Crippen LogP contribution in [-0.2, 0) is 6.61 Å². The van der Waals surface area contributed by atoms with Crippen LogP contribution in [0.15, 0.2) is 35.1 Å². The number of nitrogens with zero attached hydrogens (tertiary/aromatic N) is 2. The molecular formula is C14H15BrClN3O. The van der Waals surface area contributed by atoms with Crippen LogP contribution in [0.25, 0.3) is 0 Å². The highest BCUT2D eigenvalue weighted by Crippen LogP contribution is 2.29. The zero-order valence-electron chi connectivity index (χ0n) is 11.1. The van der Waals surface area contributed by atoms with Crippen molar-refractivity contribution in [2.75, 3.05) is 11.9 Å². The minimum absolute atomic E-state index is 0.364. The lowest BCUT2D eigenvalue weighted by molar-refractivity contribution is 0.291. The fourth-order valence-corrected chi connectivity index (χ4v) is 2.23. The number of halogens is 2. The monoisotopic (exact) mass is 355 g/mol. The maximum absolute atomic E-state index is 6.09. The van der Waals surface area contributed by atoms with Crippen molar-refractivity contribution in [3.63, 3.8) is 0 Å². The Bertz CT molecular complexity index is 580. The van der Waals surface area contributed by atoms with Crippen LogP contribution in [0.3, 0.4) is 0 Å². The molecule has 0 atom stereocenters. The number of hydrogen-bond donors (Lipinski definition) is 1. The standard InChI is InChI=1S/C14H15BrClN3O/c1-2-7-17-13-12(15)14(19-9-18-13)20-8-10-5-3-4-6-11(10)16/h3-6,9H,2,7-8H2,1H3,(H,17,18,19). The predicted octanol–water partition coefficient (Wildman–Crippen LogP) is 4.29. The van der Waals surface area contributed by atoms with Crippen LogP contribution >= 0.6 is 27.5 Å². The molecule has 1 aromatic carbocycles. The summed E-state index contributed by atoms with van der Waals surface area (Å²) in [6, 6.07) is 7.57. The fourth-order valence-electron chi connectivity index (χ4n) is 1.58. The summed E-state index contributed by atoms with van der Waals surface area (Å²) in [4.78, 5) is 8.30. The van der Waals surface area contributed by atoms with Gasteiger partial charge in [-0.15, -0.1) is 0 Å². The lowest BCUT2D eigenvalue weighted by Crippen LogP contribution is -2.05. The van der Waals surface area contributed by atoms with E-state index in [1.807, 2.05) is 24.3 Å². The summed E-state index contributed by atoms with van der Waals surface area (Å²) in [6.45, 7) is 3.30. The molecule has 0 saturated heterocycles. The van der Waals surface area contributed by atoms with Crippen molar-refractivity contribution in [1.82, 2.24) is 9.97 Å². The van der Waals surface area contributed by atoms with Crippen LogP contribution in [0.5, 0.6) is 5.88 Å². The minimum atomic E-state index is 0.364. The van der Waals surface area contributed by atoms with Gasteiger partial charge in [0.2, 0.25) is 5.88 Å². The fraction of sp³-hybridized carbons (Fsp3) is 0.286. The first-order valence-electron chi connectivity index (χ1n) is 6.33. The van der Waals surface area contributed by atoms with Gasteiger partial charge in [0.25, 0.3) is 0 Å². The second kappa shape index (κ2) is 7.45. The smallest absolute Gasteiger partial charge is 0.233 e. The Hall–Kier alpha value is -1.33. The van der Waals surface area contributed by atoms with Gasteiger partial charge in [-0.3, -0.25) is 0 Å². The largest absolute Gasteiger partial charge is 0.472 e. The van der Waals surface area contributed by atoms with Gasteiger partial charge in [-0.1, -0.05) is 36.7 Å². The van der Waals surface area contributed by atoms with E-state index in [1.54, 1.807) is 0 Å². The van der Waals surface area contributed by atoms with Gasteiger partial charge in [0.05, 0.1) is 0 Å². The number of anilines is 1. The number of hydrogen-bond acceptors (Lipinski definition) is 4. The van der Waals surface area contributed by atoms with Crippen LogP contribution in [0.2, 0.25) is 5.02 Å². The van der Waals surface area contributed by atoms with Crippen LogP contribution in [0, 0.1) is 0 Å². The average molecular weight is 357 g/mol. The molecule has 2 rings (SSSR count). The molecule has 0 radical (unpaired) electrons. The van der Waals surface area contributed by atoms with Crippen molar-refractivity contribution in [3.05, 3.63) is 45.7 Å². The van der Waals surface area contributed by atoms with Crippen molar-refractivity contribution < 1.29 is 4.74 Å². The maximum atomic E-state index is 6.09. The second-order valence-electron chi connectivity index (χ2n) is 4.15. The van der Waals surface area contributed by atoms with E-state index in [2.05, 4.69) is 38.1 Å². The Morgan fingerprint density at radius 3 is 2.85 bits per heavy atom. The molecule has 0 aliphatic rings. The van der Waals surface area contributed by atoms with Crippen molar-refractivity contribution in [1.29, 1.82) is 0 Å². The SMILES string of the molecule is CCCNc1ncnc(OCc2ccccc2Cl)c1Br.